The highest BCUT2D eigenvalue weighted by molar-refractivity contribution is 7.99. The largest absolute Gasteiger partial charge is 0.340 e. The Bertz CT molecular complexity index is 639. The summed E-state index contributed by atoms with van der Waals surface area (Å²) >= 11 is 1.70. The van der Waals surface area contributed by atoms with Gasteiger partial charge in [0.25, 0.3) is 0 Å². The Morgan fingerprint density at radius 3 is 2.70 bits per heavy atom. The molecule has 0 saturated heterocycles. The van der Waals surface area contributed by atoms with Crippen molar-refractivity contribution >= 4 is 29.4 Å². The van der Waals surface area contributed by atoms with Crippen molar-refractivity contribution in [1.29, 1.82) is 0 Å². The Labute approximate surface area is 123 Å². The van der Waals surface area contributed by atoms with E-state index in [1.165, 1.54) is 10.6 Å². The number of para-hydroxylation sites is 1. The van der Waals surface area contributed by atoms with Gasteiger partial charge in [-0.3, -0.25) is 4.79 Å². The maximum atomic E-state index is 11.3. The summed E-state index contributed by atoms with van der Waals surface area (Å²) in [6.07, 6.45) is 3.26. The zero-order valence-corrected chi connectivity index (χ0v) is 12.3. The van der Waals surface area contributed by atoms with E-state index in [0.717, 1.165) is 41.8 Å². The number of fused-ring (bicyclic) bond motifs is 2. The first-order valence-corrected chi connectivity index (χ1v) is 7.79. The van der Waals surface area contributed by atoms with E-state index in [-0.39, 0.29) is 0 Å². The van der Waals surface area contributed by atoms with Gasteiger partial charge in [-0.25, -0.2) is 0 Å². The Kier molecular flexibility index (Phi) is 3.79. The third-order valence-corrected chi connectivity index (χ3v) is 4.76. The summed E-state index contributed by atoms with van der Waals surface area (Å²) in [7, 11) is 0. The van der Waals surface area contributed by atoms with Crippen molar-refractivity contribution < 1.29 is 4.79 Å². The number of carbonyl (C=O) groups excluding carboxylic acids is 1. The molecule has 0 atom stereocenters. The van der Waals surface area contributed by atoms with Gasteiger partial charge in [0.2, 0.25) is 0 Å². The third kappa shape index (κ3) is 2.22. The van der Waals surface area contributed by atoms with Gasteiger partial charge in [0.05, 0.1) is 11.4 Å². The van der Waals surface area contributed by atoms with Crippen molar-refractivity contribution in [3.63, 3.8) is 0 Å². The molecule has 0 amide bonds. The van der Waals surface area contributed by atoms with Crippen LogP contribution >= 0.6 is 11.8 Å². The summed E-state index contributed by atoms with van der Waals surface area (Å²) in [5, 5.41) is 0. The molecule has 2 aromatic rings. The summed E-state index contributed by atoms with van der Waals surface area (Å²) in [4.78, 5) is 15.9. The van der Waals surface area contributed by atoms with Gasteiger partial charge < -0.3 is 4.90 Å². The van der Waals surface area contributed by atoms with E-state index < -0.39 is 0 Å². The number of hydrogen-bond acceptors (Lipinski definition) is 3. The van der Waals surface area contributed by atoms with Crippen molar-refractivity contribution in [1.82, 2.24) is 0 Å². The lowest BCUT2D eigenvalue weighted by molar-refractivity contribution is 0.112. The van der Waals surface area contributed by atoms with Crippen molar-refractivity contribution in [2.24, 2.45) is 0 Å². The van der Waals surface area contributed by atoms with Gasteiger partial charge in [-0.15, -0.1) is 0 Å². The number of carbonyl (C=O) groups is 1. The fourth-order valence-corrected chi connectivity index (χ4v) is 3.69. The van der Waals surface area contributed by atoms with Crippen molar-refractivity contribution in [3.05, 3.63) is 48.0 Å². The average Bonchev–Trinajstić information content (AvgIpc) is 2.51. The van der Waals surface area contributed by atoms with Gasteiger partial charge in [0.15, 0.2) is 6.29 Å². The first-order chi connectivity index (χ1) is 9.85. The highest BCUT2D eigenvalue weighted by Crippen LogP contribution is 2.49. The number of unbranched alkanes of at least 4 members (excludes halogenated alkanes) is 1. The fraction of sp³-hybridized carbons (Fsp3) is 0.235. The van der Waals surface area contributed by atoms with Gasteiger partial charge >= 0.3 is 0 Å². The first-order valence-electron chi connectivity index (χ1n) is 6.97. The van der Waals surface area contributed by atoms with E-state index in [0.29, 0.717) is 0 Å². The van der Waals surface area contributed by atoms with E-state index in [9.17, 15) is 4.79 Å². The molecule has 3 heteroatoms. The molecule has 20 heavy (non-hydrogen) atoms. The van der Waals surface area contributed by atoms with Gasteiger partial charge in [-0.05, 0) is 24.6 Å². The molecule has 0 radical (unpaired) electrons. The summed E-state index contributed by atoms with van der Waals surface area (Å²) in [6.45, 7) is 3.19. The second-order valence-corrected chi connectivity index (χ2v) is 5.94. The van der Waals surface area contributed by atoms with Crippen LogP contribution in [0, 0.1) is 0 Å². The quantitative estimate of drug-likeness (QED) is 0.744. The Morgan fingerprint density at radius 1 is 1.10 bits per heavy atom. The average molecular weight is 283 g/mol. The Balaban J connectivity index is 2.12. The lowest BCUT2D eigenvalue weighted by Crippen LogP contribution is -2.22. The van der Waals surface area contributed by atoms with E-state index in [1.807, 2.05) is 12.1 Å². The van der Waals surface area contributed by atoms with E-state index in [2.05, 4.69) is 42.2 Å². The minimum atomic E-state index is 0.781. The van der Waals surface area contributed by atoms with Gasteiger partial charge in [0.1, 0.15) is 0 Å². The predicted octanol–water partition coefficient (Wildman–Crippen LogP) is 4.90. The van der Waals surface area contributed by atoms with Crippen LogP contribution in [0.3, 0.4) is 0 Å². The SMILES string of the molecule is CCCCN1c2ccccc2Sc2c(C=O)cccc21. The molecule has 1 aliphatic rings. The van der Waals surface area contributed by atoms with E-state index >= 15 is 0 Å². The van der Waals surface area contributed by atoms with Crippen LogP contribution in [0.15, 0.2) is 52.3 Å². The van der Waals surface area contributed by atoms with Gasteiger partial charge in [-0.2, -0.15) is 0 Å². The number of nitrogens with zero attached hydrogens (tertiary/aromatic N) is 1. The Hall–Kier alpha value is -1.74. The first kappa shape index (κ1) is 13.3. The maximum Gasteiger partial charge on any atom is 0.151 e. The molecule has 1 aliphatic heterocycles. The molecule has 0 bridgehead atoms. The summed E-state index contributed by atoms with van der Waals surface area (Å²) in [6, 6.07) is 14.4. The summed E-state index contributed by atoms with van der Waals surface area (Å²) < 4.78 is 0. The lowest BCUT2D eigenvalue weighted by Gasteiger charge is -2.33. The monoisotopic (exact) mass is 283 g/mol. The Morgan fingerprint density at radius 2 is 1.90 bits per heavy atom. The highest BCUT2D eigenvalue weighted by Gasteiger charge is 2.24. The number of rotatable bonds is 4. The highest BCUT2D eigenvalue weighted by atomic mass is 32.2. The smallest absolute Gasteiger partial charge is 0.151 e. The van der Waals surface area contributed by atoms with Crippen LogP contribution in [-0.4, -0.2) is 12.8 Å². The van der Waals surface area contributed by atoms with Crippen LogP contribution < -0.4 is 4.90 Å². The lowest BCUT2D eigenvalue weighted by atomic mass is 10.1. The van der Waals surface area contributed by atoms with Crippen molar-refractivity contribution in [2.75, 3.05) is 11.4 Å². The molecule has 0 spiro atoms. The molecule has 0 N–H and O–H groups in total. The second-order valence-electron chi connectivity index (χ2n) is 4.89. The molecule has 0 aliphatic carbocycles. The molecule has 102 valence electrons. The second kappa shape index (κ2) is 5.71. The standard InChI is InChI=1S/C17H17NOS/c1-2-3-11-18-14-8-4-5-10-16(14)20-17-13(12-19)7-6-9-15(17)18/h4-10,12H,2-3,11H2,1H3. The summed E-state index contributed by atoms with van der Waals surface area (Å²) in [5.74, 6) is 0. The fourth-order valence-electron chi connectivity index (χ4n) is 2.52. The van der Waals surface area contributed by atoms with E-state index in [4.69, 9.17) is 0 Å². The van der Waals surface area contributed by atoms with Gasteiger partial charge in [-0.1, -0.05) is 49.4 Å². The van der Waals surface area contributed by atoms with Gasteiger partial charge in [0, 0.05) is 21.9 Å². The van der Waals surface area contributed by atoms with Crippen molar-refractivity contribution in [3.8, 4) is 0 Å². The molecule has 0 saturated carbocycles. The number of aldehydes is 1. The van der Waals surface area contributed by atoms with Crippen LogP contribution in [0.2, 0.25) is 0 Å². The molecule has 0 unspecified atom stereocenters. The molecule has 2 aromatic carbocycles. The van der Waals surface area contributed by atoms with Crippen LogP contribution in [0.5, 0.6) is 0 Å². The topological polar surface area (TPSA) is 20.3 Å². The van der Waals surface area contributed by atoms with Crippen LogP contribution in [0.4, 0.5) is 11.4 Å². The van der Waals surface area contributed by atoms with Crippen LogP contribution in [-0.2, 0) is 0 Å². The zero-order valence-electron chi connectivity index (χ0n) is 11.5. The molecular formula is C17H17NOS. The van der Waals surface area contributed by atoms with E-state index in [1.54, 1.807) is 11.8 Å². The molecule has 3 rings (SSSR count). The van der Waals surface area contributed by atoms with Crippen LogP contribution in [0.1, 0.15) is 30.1 Å². The molecule has 2 nitrogen and oxygen atoms in total. The van der Waals surface area contributed by atoms with Crippen LogP contribution in [0.25, 0.3) is 0 Å². The maximum absolute atomic E-state index is 11.3. The molecular weight excluding hydrogens is 266 g/mol. The molecule has 0 fully saturated rings. The number of anilines is 2. The summed E-state index contributed by atoms with van der Waals surface area (Å²) in [5.41, 5.74) is 3.19. The number of hydrogen-bond donors (Lipinski definition) is 0. The van der Waals surface area contributed by atoms with Crippen molar-refractivity contribution in [2.45, 2.75) is 29.6 Å². The predicted molar refractivity (Wildman–Crippen MR) is 84.3 cm³/mol. The minimum Gasteiger partial charge on any atom is -0.340 e. The molecule has 1 heterocycles. The minimum absolute atomic E-state index is 0.781. The molecule has 0 aromatic heterocycles. The zero-order chi connectivity index (χ0) is 13.9. The normalized spacial score (nSPS) is 12.8. The third-order valence-electron chi connectivity index (χ3n) is 3.55. The number of benzene rings is 2.